The highest BCUT2D eigenvalue weighted by Crippen LogP contribution is 2.18. The average molecular weight is 272 g/mol. The molecule has 0 saturated carbocycles. The number of primary sulfonamides is 1. The van der Waals surface area contributed by atoms with Crippen LogP contribution in [0.2, 0.25) is 0 Å². The lowest BCUT2D eigenvalue weighted by molar-refractivity contribution is 0.0792. The van der Waals surface area contributed by atoms with Crippen molar-refractivity contribution in [3.05, 3.63) is 29.6 Å². The first kappa shape index (κ1) is 13.0. The Morgan fingerprint density at radius 3 is 2.44 bits per heavy atom. The van der Waals surface area contributed by atoms with Crippen molar-refractivity contribution >= 4 is 15.9 Å². The SMILES string of the molecule is NS(=O)(=O)c1cc(C(=O)N2CCCC2)ccc1F. The van der Waals surface area contributed by atoms with Gasteiger partial charge < -0.3 is 4.90 Å². The van der Waals surface area contributed by atoms with Crippen molar-refractivity contribution in [2.24, 2.45) is 5.14 Å². The molecule has 0 atom stereocenters. The summed E-state index contributed by atoms with van der Waals surface area (Å²) in [5.41, 5.74) is 0.141. The smallest absolute Gasteiger partial charge is 0.253 e. The molecule has 0 spiro atoms. The first-order valence-corrected chi connectivity index (χ1v) is 7.06. The Bertz CT molecular complexity index is 580. The number of nitrogens with two attached hydrogens (primary N) is 1. The number of carbonyl (C=O) groups excluding carboxylic acids is 1. The van der Waals surface area contributed by atoms with Gasteiger partial charge >= 0.3 is 0 Å². The van der Waals surface area contributed by atoms with Gasteiger partial charge in [-0.05, 0) is 31.0 Å². The quantitative estimate of drug-likeness (QED) is 0.861. The summed E-state index contributed by atoms with van der Waals surface area (Å²) in [7, 11) is -4.16. The van der Waals surface area contributed by atoms with Crippen molar-refractivity contribution in [2.45, 2.75) is 17.7 Å². The van der Waals surface area contributed by atoms with Crippen LogP contribution in [0, 0.1) is 5.82 Å². The zero-order valence-electron chi connectivity index (χ0n) is 9.60. The van der Waals surface area contributed by atoms with E-state index >= 15 is 0 Å². The molecular weight excluding hydrogens is 259 g/mol. The number of benzene rings is 1. The van der Waals surface area contributed by atoms with Gasteiger partial charge in [0.1, 0.15) is 10.7 Å². The van der Waals surface area contributed by atoms with Crippen LogP contribution in [0.1, 0.15) is 23.2 Å². The van der Waals surface area contributed by atoms with E-state index < -0.39 is 20.7 Å². The monoisotopic (exact) mass is 272 g/mol. The maximum atomic E-state index is 13.3. The van der Waals surface area contributed by atoms with Gasteiger partial charge in [-0.15, -0.1) is 0 Å². The van der Waals surface area contributed by atoms with Crippen LogP contribution in [0.25, 0.3) is 0 Å². The Labute approximate surface area is 104 Å². The van der Waals surface area contributed by atoms with E-state index in [-0.39, 0.29) is 11.5 Å². The second kappa shape index (κ2) is 4.66. The molecule has 1 amide bonds. The zero-order chi connectivity index (χ0) is 13.3. The minimum absolute atomic E-state index is 0.141. The summed E-state index contributed by atoms with van der Waals surface area (Å²) in [5.74, 6) is -1.24. The van der Waals surface area contributed by atoms with Gasteiger partial charge in [-0.3, -0.25) is 4.79 Å². The molecule has 1 aliphatic rings. The van der Waals surface area contributed by atoms with Crippen LogP contribution in [0.5, 0.6) is 0 Å². The summed E-state index contributed by atoms with van der Waals surface area (Å²) in [5, 5.41) is 4.89. The largest absolute Gasteiger partial charge is 0.339 e. The molecule has 0 radical (unpaired) electrons. The van der Waals surface area contributed by atoms with Crippen molar-refractivity contribution in [1.29, 1.82) is 0 Å². The highest BCUT2D eigenvalue weighted by atomic mass is 32.2. The third-order valence-corrected chi connectivity index (χ3v) is 3.80. The van der Waals surface area contributed by atoms with Crippen LogP contribution in [0.3, 0.4) is 0 Å². The summed E-state index contributed by atoms with van der Waals surface area (Å²) in [6.07, 6.45) is 1.85. The van der Waals surface area contributed by atoms with Crippen LogP contribution in [-0.4, -0.2) is 32.3 Å². The lowest BCUT2D eigenvalue weighted by Crippen LogP contribution is -2.28. The van der Waals surface area contributed by atoms with Gasteiger partial charge in [-0.2, -0.15) is 0 Å². The Morgan fingerprint density at radius 1 is 1.28 bits per heavy atom. The number of likely N-dealkylation sites (tertiary alicyclic amines) is 1. The molecule has 0 bridgehead atoms. The zero-order valence-corrected chi connectivity index (χ0v) is 10.4. The third-order valence-electron chi connectivity index (χ3n) is 2.88. The maximum Gasteiger partial charge on any atom is 0.253 e. The topological polar surface area (TPSA) is 80.5 Å². The molecule has 1 aromatic rings. The maximum absolute atomic E-state index is 13.3. The van der Waals surface area contributed by atoms with Gasteiger partial charge in [0.2, 0.25) is 10.0 Å². The van der Waals surface area contributed by atoms with E-state index in [2.05, 4.69) is 0 Å². The highest BCUT2D eigenvalue weighted by Gasteiger charge is 2.22. The lowest BCUT2D eigenvalue weighted by Gasteiger charge is -2.15. The summed E-state index contributed by atoms with van der Waals surface area (Å²) < 4.78 is 35.6. The Balaban J connectivity index is 2.38. The fraction of sp³-hybridized carbons (Fsp3) is 0.364. The van der Waals surface area contributed by atoms with Gasteiger partial charge in [0, 0.05) is 18.7 Å². The van der Waals surface area contributed by atoms with Gasteiger partial charge in [-0.1, -0.05) is 0 Å². The number of nitrogens with zero attached hydrogens (tertiary/aromatic N) is 1. The number of hydrogen-bond acceptors (Lipinski definition) is 3. The van der Waals surface area contributed by atoms with Crippen LogP contribution in [0.15, 0.2) is 23.1 Å². The van der Waals surface area contributed by atoms with Gasteiger partial charge in [0.25, 0.3) is 5.91 Å². The molecule has 0 aliphatic carbocycles. The molecule has 0 unspecified atom stereocenters. The van der Waals surface area contributed by atoms with Crippen LogP contribution in [0.4, 0.5) is 4.39 Å². The molecule has 1 saturated heterocycles. The minimum atomic E-state index is -4.16. The standard InChI is InChI=1S/C11H13FN2O3S/c12-9-4-3-8(7-10(9)18(13,16)17)11(15)14-5-1-2-6-14/h3-4,7H,1-2,5-6H2,(H2,13,16,17). The summed E-state index contributed by atoms with van der Waals surface area (Å²) >= 11 is 0. The summed E-state index contributed by atoms with van der Waals surface area (Å²) in [6, 6.07) is 3.21. The first-order chi connectivity index (χ1) is 8.39. The highest BCUT2D eigenvalue weighted by molar-refractivity contribution is 7.89. The Morgan fingerprint density at radius 2 is 1.89 bits per heavy atom. The van der Waals surface area contributed by atoms with Gasteiger partial charge in [0.15, 0.2) is 0 Å². The van der Waals surface area contributed by atoms with Crippen molar-refractivity contribution in [1.82, 2.24) is 4.90 Å². The van der Waals surface area contributed by atoms with Crippen LogP contribution >= 0.6 is 0 Å². The predicted octanol–water partition coefficient (Wildman–Crippen LogP) is 0.709. The second-order valence-electron chi connectivity index (χ2n) is 4.19. The van der Waals surface area contributed by atoms with E-state index in [1.165, 1.54) is 6.07 Å². The molecule has 2 rings (SSSR count). The van der Waals surface area contributed by atoms with E-state index in [0.717, 1.165) is 25.0 Å². The first-order valence-electron chi connectivity index (χ1n) is 5.51. The van der Waals surface area contributed by atoms with E-state index in [0.29, 0.717) is 13.1 Å². The average Bonchev–Trinajstić information content (AvgIpc) is 2.80. The number of hydrogen-bond donors (Lipinski definition) is 1. The molecule has 5 nitrogen and oxygen atoms in total. The molecule has 1 aliphatic heterocycles. The third kappa shape index (κ3) is 2.51. The Hall–Kier alpha value is -1.47. The molecule has 7 heteroatoms. The molecule has 98 valence electrons. The molecule has 18 heavy (non-hydrogen) atoms. The van der Waals surface area contributed by atoms with Crippen LogP contribution < -0.4 is 5.14 Å². The fourth-order valence-electron chi connectivity index (χ4n) is 1.96. The van der Waals surface area contributed by atoms with Crippen molar-refractivity contribution < 1.29 is 17.6 Å². The van der Waals surface area contributed by atoms with E-state index in [4.69, 9.17) is 5.14 Å². The van der Waals surface area contributed by atoms with Gasteiger partial charge in [-0.25, -0.2) is 17.9 Å². The van der Waals surface area contributed by atoms with E-state index in [1.54, 1.807) is 4.90 Å². The minimum Gasteiger partial charge on any atom is -0.339 e. The van der Waals surface area contributed by atoms with Crippen molar-refractivity contribution in [3.63, 3.8) is 0 Å². The van der Waals surface area contributed by atoms with E-state index in [9.17, 15) is 17.6 Å². The number of rotatable bonds is 2. The molecule has 1 heterocycles. The molecule has 0 aromatic heterocycles. The normalized spacial score (nSPS) is 16.0. The van der Waals surface area contributed by atoms with Crippen molar-refractivity contribution in [2.75, 3.05) is 13.1 Å². The molecule has 1 fully saturated rings. The Kier molecular flexibility index (Phi) is 3.36. The van der Waals surface area contributed by atoms with E-state index in [1.807, 2.05) is 0 Å². The van der Waals surface area contributed by atoms with Gasteiger partial charge in [0.05, 0.1) is 0 Å². The fourth-order valence-corrected chi connectivity index (χ4v) is 2.59. The second-order valence-corrected chi connectivity index (χ2v) is 5.72. The lowest BCUT2D eigenvalue weighted by atomic mass is 10.2. The summed E-state index contributed by atoms with van der Waals surface area (Å²) in [4.78, 5) is 13.0. The summed E-state index contributed by atoms with van der Waals surface area (Å²) in [6.45, 7) is 1.28. The van der Waals surface area contributed by atoms with Crippen molar-refractivity contribution in [3.8, 4) is 0 Å². The number of amides is 1. The number of halogens is 1. The number of sulfonamides is 1. The molecular formula is C11H13FN2O3S. The number of carbonyl (C=O) groups is 1. The molecule has 1 aromatic carbocycles. The van der Waals surface area contributed by atoms with Crippen LogP contribution in [-0.2, 0) is 10.0 Å². The molecule has 2 N–H and O–H groups in total. The predicted molar refractivity (Wildman–Crippen MR) is 62.9 cm³/mol.